The Bertz CT molecular complexity index is 1090. The number of aromatic nitrogens is 1. The molecule has 4 aromatic rings. The van der Waals surface area contributed by atoms with Crippen LogP contribution in [-0.4, -0.2) is 28.9 Å². The Morgan fingerprint density at radius 2 is 1.61 bits per heavy atom. The molecule has 1 amide bonds. The third kappa shape index (κ3) is 4.24. The first kappa shape index (κ1) is 19.9. The number of benzene rings is 3. The molecular weight excluding hydrogens is 404 g/mol. The number of rotatable bonds is 6. The molecule has 1 fully saturated rings. The van der Waals surface area contributed by atoms with E-state index in [2.05, 4.69) is 6.07 Å². The Kier molecular flexibility index (Phi) is 5.78. The number of hydrogen-bond acceptors (Lipinski definition) is 4. The molecule has 5 heteroatoms. The summed E-state index contributed by atoms with van der Waals surface area (Å²) in [4.78, 5) is 19.9. The van der Waals surface area contributed by atoms with Crippen LogP contribution in [0.25, 0.3) is 10.2 Å². The van der Waals surface area contributed by atoms with E-state index in [-0.39, 0.29) is 24.7 Å². The highest BCUT2D eigenvalue weighted by Crippen LogP contribution is 2.36. The molecule has 1 unspecified atom stereocenters. The molecule has 2 heterocycles. The third-order valence-electron chi connectivity index (χ3n) is 5.75. The third-order valence-corrected chi connectivity index (χ3v) is 6.88. The van der Waals surface area contributed by atoms with Crippen LogP contribution in [0.4, 0.5) is 0 Å². The van der Waals surface area contributed by atoms with Crippen LogP contribution < -0.4 is 0 Å². The van der Waals surface area contributed by atoms with Crippen molar-refractivity contribution < 1.29 is 9.53 Å². The summed E-state index contributed by atoms with van der Waals surface area (Å²) in [5, 5.41) is 1.02. The molecule has 0 radical (unpaired) electrons. The van der Waals surface area contributed by atoms with E-state index in [4.69, 9.17) is 9.72 Å². The summed E-state index contributed by atoms with van der Waals surface area (Å²) < 4.78 is 7.39. The van der Waals surface area contributed by atoms with Gasteiger partial charge in [0.05, 0.1) is 16.3 Å². The number of para-hydroxylation sites is 1. The maximum atomic E-state index is 13.2. The molecule has 156 valence electrons. The highest BCUT2D eigenvalue weighted by Gasteiger charge is 2.32. The lowest BCUT2D eigenvalue weighted by Gasteiger charge is -2.25. The maximum Gasteiger partial charge on any atom is 0.249 e. The first-order valence-electron chi connectivity index (χ1n) is 10.7. The molecular formula is C26H24N2O2S. The summed E-state index contributed by atoms with van der Waals surface area (Å²) >= 11 is 1.69. The molecule has 1 atom stereocenters. The van der Waals surface area contributed by atoms with Gasteiger partial charge in [0.1, 0.15) is 17.7 Å². The van der Waals surface area contributed by atoms with E-state index in [1.807, 2.05) is 83.8 Å². The highest BCUT2D eigenvalue weighted by atomic mass is 32.1. The van der Waals surface area contributed by atoms with Crippen LogP contribution in [0.15, 0.2) is 84.9 Å². The van der Waals surface area contributed by atoms with Crippen LogP contribution in [0.1, 0.15) is 41.1 Å². The Morgan fingerprint density at radius 1 is 0.968 bits per heavy atom. The van der Waals surface area contributed by atoms with Crippen molar-refractivity contribution in [2.24, 2.45) is 0 Å². The van der Waals surface area contributed by atoms with Crippen molar-refractivity contribution in [3.05, 3.63) is 101 Å². The number of carbonyl (C=O) groups is 1. The average Bonchev–Trinajstić information content (AvgIpc) is 3.47. The Hall–Kier alpha value is -3.02. The zero-order valence-corrected chi connectivity index (χ0v) is 18.0. The summed E-state index contributed by atoms with van der Waals surface area (Å²) in [6, 6.07) is 28.4. The maximum absolute atomic E-state index is 13.2. The molecule has 0 bridgehead atoms. The van der Waals surface area contributed by atoms with E-state index in [0.29, 0.717) is 0 Å². The van der Waals surface area contributed by atoms with Crippen molar-refractivity contribution in [2.75, 3.05) is 13.2 Å². The summed E-state index contributed by atoms with van der Waals surface area (Å²) in [5.41, 5.74) is 3.10. The minimum atomic E-state index is -0.269. The van der Waals surface area contributed by atoms with Gasteiger partial charge >= 0.3 is 0 Å². The number of likely N-dealkylation sites (tertiary alicyclic amines) is 1. The van der Waals surface area contributed by atoms with Crippen LogP contribution in [0, 0.1) is 0 Å². The zero-order chi connectivity index (χ0) is 21.0. The Labute approximate surface area is 186 Å². The molecule has 1 saturated heterocycles. The quantitative estimate of drug-likeness (QED) is 0.392. The number of nitrogens with zero attached hydrogens (tertiary/aromatic N) is 2. The molecule has 0 aliphatic carbocycles. The number of ether oxygens (including phenoxy) is 1. The minimum absolute atomic E-state index is 0.0265. The summed E-state index contributed by atoms with van der Waals surface area (Å²) in [6.07, 6.45) is 1.68. The van der Waals surface area contributed by atoms with E-state index in [9.17, 15) is 4.79 Å². The second-order valence-corrected chi connectivity index (χ2v) is 8.84. The van der Waals surface area contributed by atoms with Gasteiger partial charge in [-0.05, 0) is 36.1 Å². The van der Waals surface area contributed by atoms with Gasteiger partial charge in [-0.25, -0.2) is 4.98 Å². The fourth-order valence-electron chi connectivity index (χ4n) is 4.23. The molecule has 0 spiro atoms. The standard InChI is InChI=1S/C26H24N2O2S/c29-24(18-30-25(19-10-3-1-4-11-19)20-12-5-2-6-13-20)28-17-9-15-22(28)26-27-21-14-7-8-16-23(21)31-26/h1-8,10-14,16,22,25H,9,15,17-18H2. The molecule has 0 saturated carbocycles. The van der Waals surface area contributed by atoms with Gasteiger partial charge in [0.25, 0.3) is 0 Å². The molecule has 31 heavy (non-hydrogen) atoms. The van der Waals surface area contributed by atoms with Gasteiger partial charge in [0, 0.05) is 6.54 Å². The van der Waals surface area contributed by atoms with Gasteiger partial charge in [-0.1, -0.05) is 72.8 Å². The number of carbonyl (C=O) groups excluding carboxylic acids is 1. The van der Waals surface area contributed by atoms with E-state index < -0.39 is 0 Å². The van der Waals surface area contributed by atoms with Crippen molar-refractivity contribution in [3.8, 4) is 0 Å². The first-order chi connectivity index (χ1) is 15.3. The number of hydrogen-bond donors (Lipinski definition) is 0. The van der Waals surface area contributed by atoms with Crippen molar-refractivity contribution in [1.82, 2.24) is 9.88 Å². The van der Waals surface area contributed by atoms with Crippen LogP contribution in [0.5, 0.6) is 0 Å². The summed E-state index contributed by atoms with van der Waals surface area (Å²) in [5.74, 6) is 0.0265. The predicted molar refractivity (Wildman–Crippen MR) is 124 cm³/mol. The van der Waals surface area contributed by atoms with Gasteiger partial charge in [-0.2, -0.15) is 0 Å². The molecule has 4 nitrogen and oxygen atoms in total. The molecule has 1 aliphatic rings. The zero-order valence-electron chi connectivity index (χ0n) is 17.2. The lowest BCUT2D eigenvalue weighted by atomic mass is 10.0. The topological polar surface area (TPSA) is 42.4 Å². The number of thiazole rings is 1. The largest absolute Gasteiger partial charge is 0.359 e. The molecule has 3 aromatic carbocycles. The first-order valence-corrected chi connectivity index (χ1v) is 11.5. The fraction of sp³-hybridized carbons (Fsp3) is 0.231. The second kappa shape index (κ2) is 9.00. The lowest BCUT2D eigenvalue weighted by Crippen LogP contribution is -2.34. The Balaban J connectivity index is 1.33. The second-order valence-electron chi connectivity index (χ2n) is 7.78. The van der Waals surface area contributed by atoms with E-state index in [0.717, 1.165) is 41.0 Å². The molecule has 0 N–H and O–H groups in total. The van der Waals surface area contributed by atoms with E-state index in [1.165, 1.54) is 4.70 Å². The average molecular weight is 429 g/mol. The van der Waals surface area contributed by atoms with Crippen LogP contribution >= 0.6 is 11.3 Å². The lowest BCUT2D eigenvalue weighted by molar-refractivity contribution is -0.138. The van der Waals surface area contributed by atoms with Gasteiger partial charge < -0.3 is 9.64 Å². The molecule has 1 aromatic heterocycles. The minimum Gasteiger partial charge on any atom is -0.359 e. The summed E-state index contributed by atoms with van der Waals surface area (Å²) in [7, 11) is 0. The van der Waals surface area contributed by atoms with Crippen molar-refractivity contribution in [2.45, 2.75) is 25.0 Å². The normalized spacial score (nSPS) is 16.3. The number of fused-ring (bicyclic) bond motifs is 1. The SMILES string of the molecule is O=C(COC(c1ccccc1)c1ccccc1)N1CCCC1c1nc2ccccc2s1. The van der Waals surface area contributed by atoms with Crippen molar-refractivity contribution in [3.63, 3.8) is 0 Å². The van der Waals surface area contributed by atoms with Gasteiger partial charge in [-0.3, -0.25) is 4.79 Å². The van der Waals surface area contributed by atoms with E-state index in [1.54, 1.807) is 11.3 Å². The summed E-state index contributed by atoms with van der Waals surface area (Å²) in [6.45, 7) is 0.806. The smallest absolute Gasteiger partial charge is 0.249 e. The van der Waals surface area contributed by atoms with Crippen LogP contribution in [0.3, 0.4) is 0 Å². The van der Waals surface area contributed by atoms with Gasteiger partial charge in [-0.15, -0.1) is 11.3 Å². The van der Waals surface area contributed by atoms with Gasteiger partial charge in [0.2, 0.25) is 5.91 Å². The van der Waals surface area contributed by atoms with Crippen LogP contribution in [0.2, 0.25) is 0 Å². The molecule has 1 aliphatic heterocycles. The van der Waals surface area contributed by atoms with Crippen molar-refractivity contribution in [1.29, 1.82) is 0 Å². The monoisotopic (exact) mass is 428 g/mol. The van der Waals surface area contributed by atoms with Crippen LogP contribution in [-0.2, 0) is 9.53 Å². The molecule has 5 rings (SSSR count). The van der Waals surface area contributed by atoms with E-state index >= 15 is 0 Å². The predicted octanol–water partition coefficient (Wildman–Crippen LogP) is 5.77. The fourth-order valence-corrected chi connectivity index (χ4v) is 5.35. The Morgan fingerprint density at radius 3 is 2.29 bits per heavy atom. The number of amides is 1. The van der Waals surface area contributed by atoms with Gasteiger partial charge in [0.15, 0.2) is 0 Å². The highest BCUT2D eigenvalue weighted by molar-refractivity contribution is 7.18. The van der Waals surface area contributed by atoms with Crippen molar-refractivity contribution >= 4 is 27.5 Å².